The maximum Gasteiger partial charge on any atom is 0.101 e. The van der Waals surface area contributed by atoms with Crippen molar-refractivity contribution in [2.45, 2.75) is 0 Å². The van der Waals surface area contributed by atoms with E-state index in [1.54, 1.807) is 0 Å². The average molecular weight is 510 g/mol. The van der Waals surface area contributed by atoms with Gasteiger partial charge in [-0.3, -0.25) is 0 Å². The van der Waals surface area contributed by atoms with Gasteiger partial charge in [0.15, 0.2) is 0 Å². The Balaban J connectivity index is 1.39. The molecule has 0 bridgehead atoms. The van der Waals surface area contributed by atoms with Crippen LogP contribution in [-0.2, 0) is 0 Å². The Hall–Kier alpha value is -5.59. The molecule has 0 aliphatic carbocycles. The van der Waals surface area contributed by atoms with Crippen molar-refractivity contribution >= 4 is 43.6 Å². The Bertz CT molecular complexity index is 2280. The molecule has 0 atom stereocenters. The van der Waals surface area contributed by atoms with Crippen molar-refractivity contribution in [2.24, 2.45) is 0 Å². The first kappa shape index (κ1) is 22.4. The molecule has 0 spiro atoms. The number of para-hydroxylation sites is 4. The quantitative estimate of drug-likeness (QED) is 0.233. The van der Waals surface area contributed by atoms with E-state index < -0.39 is 0 Å². The van der Waals surface area contributed by atoms with Crippen LogP contribution in [0.3, 0.4) is 0 Å². The predicted molar refractivity (Wildman–Crippen MR) is 165 cm³/mol. The summed E-state index contributed by atoms with van der Waals surface area (Å²) >= 11 is 0. The number of rotatable bonds is 3. The van der Waals surface area contributed by atoms with E-state index in [1.165, 1.54) is 32.6 Å². The largest absolute Gasteiger partial charge is 0.309 e. The molecule has 186 valence electrons. The zero-order valence-corrected chi connectivity index (χ0v) is 21.6. The SMILES string of the molecule is N#Cc1ccccc1-n1c2ccccc2c2ccc(-c3ccc4c(c3)c3ccccc3n4-c3ccccc3)cc21. The highest BCUT2D eigenvalue weighted by Gasteiger charge is 2.17. The van der Waals surface area contributed by atoms with Crippen molar-refractivity contribution in [3.63, 3.8) is 0 Å². The van der Waals surface area contributed by atoms with Crippen LogP contribution in [0, 0.1) is 11.3 Å². The molecule has 8 rings (SSSR count). The van der Waals surface area contributed by atoms with Crippen LogP contribution in [0.5, 0.6) is 0 Å². The van der Waals surface area contributed by atoms with Gasteiger partial charge < -0.3 is 9.13 Å². The maximum atomic E-state index is 9.90. The third-order valence-electron chi connectivity index (χ3n) is 7.96. The Morgan fingerprint density at radius 3 is 1.80 bits per heavy atom. The topological polar surface area (TPSA) is 33.6 Å². The molecule has 0 unspecified atom stereocenters. The molecule has 2 aromatic heterocycles. The summed E-state index contributed by atoms with van der Waals surface area (Å²) in [5.41, 5.74) is 9.59. The molecule has 0 fully saturated rings. The fraction of sp³-hybridized carbons (Fsp3) is 0. The van der Waals surface area contributed by atoms with E-state index in [4.69, 9.17) is 0 Å². The van der Waals surface area contributed by atoms with E-state index in [1.807, 2.05) is 24.3 Å². The molecular weight excluding hydrogens is 486 g/mol. The molecule has 0 aliphatic heterocycles. The van der Waals surface area contributed by atoms with Crippen molar-refractivity contribution in [2.75, 3.05) is 0 Å². The lowest BCUT2D eigenvalue weighted by molar-refractivity contribution is 1.17. The lowest BCUT2D eigenvalue weighted by Crippen LogP contribution is -1.97. The van der Waals surface area contributed by atoms with Gasteiger partial charge >= 0.3 is 0 Å². The van der Waals surface area contributed by atoms with Crippen LogP contribution >= 0.6 is 0 Å². The van der Waals surface area contributed by atoms with Gasteiger partial charge in [0.05, 0.1) is 33.3 Å². The van der Waals surface area contributed by atoms with Crippen LogP contribution in [0.15, 0.2) is 140 Å². The summed E-state index contributed by atoms with van der Waals surface area (Å²) in [6.45, 7) is 0. The molecule has 0 amide bonds. The third-order valence-corrected chi connectivity index (χ3v) is 7.96. The van der Waals surface area contributed by atoms with E-state index in [-0.39, 0.29) is 0 Å². The lowest BCUT2D eigenvalue weighted by Gasteiger charge is -2.11. The zero-order chi connectivity index (χ0) is 26.6. The normalized spacial score (nSPS) is 11.5. The van der Waals surface area contributed by atoms with Crippen molar-refractivity contribution < 1.29 is 0 Å². The highest BCUT2D eigenvalue weighted by Crippen LogP contribution is 2.38. The molecule has 0 aliphatic rings. The fourth-order valence-corrected chi connectivity index (χ4v) is 6.18. The van der Waals surface area contributed by atoms with Crippen LogP contribution in [0.25, 0.3) is 66.1 Å². The number of hydrogen-bond donors (Lipinski definition) is 0. The summed E-state index contributed by atoms with van der Waals surface area (Å²) in [6.07, 6.45) is 0. The van der Waals surface area contributed by atoms with Crippen LogP contribution in [0.4, 0.5) is 0 Å². The van der Waals surface area contributed by atoms with Crippen molar-refractivity contribution in [3.8, 4) is 28.6 Å². The van der Waals surface area contributed by atoms with Gasteiger partial charge in [0.2, 0.25) is 0 Å². The standard InChI is InChI=1S/C37H23N3/c38-24-27-10-4-7-15-33(27)40-35-17-9-5-13-29(35)31-20-18-26(23-37(31)40)25-19-21-36-32(22-25)30-14-6-8-16-34(30)39(36)28-11-2-1-3-12-28/h1-23H. The maximum absolute atomic E-state index is 9.90. The highest BCUT2D eigenvalue weighted by molar-refractivity contribution is 6.12. The Morgan fingerprint density at radius 1 is 0.425 bits per heavy atom. The predicted octanol–water partition coefficient (Wildman–Crippen LogP) is 9.42. The van der Waals surface area contributed by atoms with E-state index in [0.717, 1.165) is 33.5 Å². The van der Waals surface area contributed by atoms with Gasteiger partial charge in [-0.05, 0) is 65.7 Å². The lowest BCUT2D eigenvalue weighted by atomic mass is 10.0. The van der Waals surface area contributed by atoms with Gasteiger partial charge in [-0.1, -0.05) is 84.9 Å². The third kappa shape index (κ3) is 3.24. The molecule has 0 saturated heterocycles. The number of aromatic nitrogens is 2. The number of benzene rings is 6. The van der Waals surface area contributed by atoms with E-state index >= 15 is 0 Å². The monoisotopic (exact) mass is 509 g/mol. The minimum absolute atomic E-state index is 0.658. The van der Waals surface area contributed by atoms with Gasteiger partial charge in [-0.25, -0.2) is 0 Å². The minimum Gasteiger partial charge on any atom is -0.309 e. The highest BCUT2D eigenvalue weighted by atomic mass is 15.0. The fourth-order valence-electron chi connectivity index (χ4n) is 6.18. The second-order valence-corrected chi connectivity index (χ2v) is 10.1. The van der Waals surface area contributed by atoms with Crippen molar-refractivity contribution in [1.29, 1.82) is 5.26 Å². The van der Waals surface area contributed by atoms with E-state index in [2.05, 4.69) is 130 Å². The van der Waals surface area contributed by atoms with Gasteiger partial charge in [0.25, 0.3) is 0 Å². The molecule has 0 N–H and O–H groups in total. The molecule has 3 nitrogen and oxygen atoms in total. The smallest absolute Gasteiger partial charge is 0.101 e. The summed E-state index contributed by atoms with van der Waals surface area (Å²) in [6, 6.07) is 51.3. The number of nitriles is 1. The molecule has 0 saturated carbocycles. The first-order chi connectivity index (χ1) is 19.8. The van der Waals surface area contributed by atoms with Crippen LogP contribution < -0.4 is 0 Å². The molecular formula is C37H23N3. The van der Waals surface area contributed by atoms with Gasteiger partial charge in [0.1, 0.15) is 6.07 Å². The zero-order valence-electron chi connectivity index (χ0n) is 21.6. The molecule has 40 heavy (non-hydrogen) atoms. The second kappa shape index (κ2) is 8.73. The Labute approximate surface area is 231 Å². The molecule has 0 radical (unpaired) electrons. The van der Waals surface area contributed by atoms with Gasteiger partial charge in [-0.15, -0.1) is 0 Å². The van der Waals surface area contributed by atoms with Crippen LogP contribution in [-0.4, -0.2) is 9.13 Å². The molecule has 3 heteroatoms. The summed E-state index contributed by atoms with van der Waals surface area (Å²) in [7, 11) is 0. The molecule has 2 heterocycles. The first-order valence-electron chi connectivity index (χ1n) is 13.4. The summed E-state index contributed by atoms with van der Waals surface area (Å²) in [5, 5.41) is 14.7. The van der Waals surface area contributed by atoms with Crippen molar-refractivity contribution in [3.05, 3.63) is 145 Å². The Kier molecular flexibility index (Phi) is 4.89. The van der Waals surface area contributed by atoms with Crippen molar-refractivity contribution in [1.82, 2.24) is 9.13 Å². The summed E-state index contributed by atoms with van der Waals surface area (Å²) in [5.74, 6) is 0. The van der Waals surface area contributed by atoms with E-state index in [0.29, 0.717) is 5.56 Å². The molecule has 6 aromatic carbocycles. The minimum atomic E-state index is 0.658. The average Bonchev–Trinajstić information content (AvgIpc) is 3.53. The molecule has 8 aromatic rings. The number of nitrogens with zero attached hydrogens (tertiary/aromatic N) is 3. The number of hydrogen-bond acceptors (Lipinski definition) is 1. The second-order valence-electron chi connectivity index (χ2n) is 10.1. The van der Waals surface area contributed by atoms with E-state index in [9.17, 15) is 5.26 Å². The Morgan fingerprint density at radius 2 is 1.00 bits per heavy atom. The van der Waals surface area contributed by atoms with Crippen LogP contribution in [0.1, 0.15) is 5.56 Å². The van der Waals surface area contributed by atoms with Crippen LogP contribution in [0.2, 0.25) is 0 Å². The summed E-state index contributed by atoms with van der Waals surface area (Å²) in [4.78, 5) is 0. The van der Waals surface area contributed by atoms with Gasteiger partial charge in [-0.2, -0.15) is 5.26 Å². The van der Waals surface area contributed by atoms with Gasteiger partial charge in [0, 0.05) is 27.2 Å². The number of fused-ring (bicyclic) bond motifs is 6. The summed E-state index contributed by atoms with van der Waals surface area (Å²) < 4.78 is 4.57. The first-order valence-corrected chi connectivity index (χ1v) is 13.4.